The summed E-state index contributed by atoms with van der Waals surface area (Å²) in [6.07, 6.45) is 0.661. The fourth-order valence-corrected chi connectivity index (χ4v) is 0.781. The Labute approximate surface area is 85.0 Å². The SMILES string of the molecule is CC(=O)N/C=C(\C(=O)[O-])C(CO)C(=O)[O-]. The Morgan fingerprint density at radius 1 is 1.40 bits per heavy atom. The van der Waals surface area contributed by atoms with E-state index in [2.05, 4.69) is 0 Å². The minimum Gasteiger partial charge on any atom is -0.549 e. The molecule has 0 aromatic heterocycles. The maximum absolute atomic E-state index is 10.5. The van der Waals surface area contributed by atoms with Crippen LogP contribution in [0.15, 0.2) is 11.8 Å². The lowest BCUT2D eigenvalue weighted by atomic mass is 10.0. The van der Waals surface area contributed by atoms with Gasteiger partial charge in [-0.1, -0.05) is 0 Å². The van der Waals surface area contributed by atoms with Gasteiger partial charge in [-0.2, -0.15) is 0 Å². The van der Waals surface area contributed by atoms with Crippen molar-refractivity contribution in [1.29, 1.82) is 0 Å². The number of hydrogen-bond donors (Lipinski definition) is 2. The molecule has 84 valence electrons. The molecule has 0 fully saturated rings. The van der Waals surface area contributed by atoms with Crippen molar-refractivity contribution in [2.75, 3.05) is 6.61 Å². The van der Waals surface area contributed by atoms with Crippen molar-refractivity contribution in [3.63, 3.8) is 0 Å². The second-order valence-corrected chi connectivity index (χ2v) is 2.64. The van der Waals surface area contributed by atoms with E-state index >= 15 is 0 Å². The summed E-state index contributed by atoms with van der Waals surface area (Å²) in [6, 6.07) is 0. The summed E-state index contributed by atoms with van der Waals surface area (Å²) in [4.78, 5) is 31.3. The maximum atomic E-state index is 10.5. The monoisotopic (exact) mass is 215 g/mol. The molecular weight excluding hydrogens is 206 g/mol. The zero-order valence-electron chi connectivity index (χ0n) is 7.85. The number of rotatable bonds is 5. The number of aliphatic carboxylic acids is 2. The Morgan fingerprint density at radius 3 is 2.20 bits per heavy atom. The molecule has 0 aliphatic rings. The Kier molecular flexibility index (Phi) is 5.03. The normalized spacial score (nSPS) is 13.1. The topological polar surface area (TPSA) is 130 Å². The lowest BCUT2D eigenvalue weighted by molar-refractivity contribution is -0.315. The van der Waals surface area contributed by atoms with Gasteiger partial charge in [0.25, 0.3) is 0 Å². The Hall–Kier alpha value is -1.89. The second kappa shape index (κ2) is 5.76. The molecule has 1 unspecified atom stereocenters. The number of carbonyl (C=O) groups is 3. The van der Waals surface area contributed by atoms with Gasteiger partial charge in [-0.3, -0.25) is 4.79 Å². The van der Waals surface area contributed by atoms with E-state index in [1.807, 2.05) is 5.32 Å². The van der Waals surface area contributed by atoms with E-state index in [9.17, 15) is 24.6 Å². The minimum absolute atomic E-state index is 0.580. The van der Waals surface area contributed by atoms with Gasteiger partial charge in [0, 0.05) is 24.6 Å². The first-order valence-electron chi connectivity index (χ1n) is 3.90. The molecule has 0 aromatic carbocycles. The van der Waals surface area contributed by atoms with Gasteiger partial charge in [0.1, 0.15) is 0 Å². The average Bonchev–Trinajstić information content (AvgIpc) is 2.10. The largest absolute Gasteiger partial charge is 0.549 e. The minimum atomic E-state index is -1.80. The van der Waals surface area contributed by atoms with Crippen molar-refractivity contribution in [3.8, 4) is 0 Å². The van der Waals surface area contributed by atoms with Crippen molar-refractivity contribution in [2.24, 2.45) is 5.92 Å². The summed E-state index contributed by atoms with van der Waals surface area (Å²) in [5.74, 6) is -5.88. The lowest BCUT2D eigenvalue weighted by Gasteiger charge is -2.19. The van der Waals surface area contributed by atoms with Crippen LogP contribution in [0.4, 0.5) is 0 Å². The summed E-state index contributed by atoms with van der Waals surface area (Å²) < 4.78 is 0. The Morgan fingerprint density at radius 2 is 1.93 bits per heavy atom. The third-order valence-electron chi connectivity index (χ3n) is 1.51. The zero-order chi connectivity index (χ0) is 12.0. The summed E-state index contributed by atoms with van der Waals surface area (Å²) in [5.41, 5.74) is -0.757. The molecule has 1 atom stereocenters. The highest BCUT2D eigenvalue weighted by atomic mass is 16.4. The van der Waals surface area contributed by atoms with Crippen molar-refractivity contribution in [3.05, 3.63) is 11.8 Å². The van der Waals surface area contributed by atoms with Crippen LogP contribution in [-0.2, 0) is 14.4 Å². The Bertz CT molecular complexity index is 308. The van der Waals surface area contributed by atoms with Crippen LogP contribution in [0.5, 0.6) is 0 Å². The van der Waals surface area contributed by atoms with Crippen LogP contribution in [0.2, 0.25) is 0 Å². The molecular formula is C8H9NO6-2. The molecule has 0 saturated carbocycles. The molecule has 0 spiro atoms. The van der Waals surface area contributed by atoms with Crippen LogP contribution in [0.25, 0.3) is 0 Å². The van der Waals surface area contributed by atoms with Gasteiger partial charge < -0.3 is 30.2 Å². The molecule has 0 aliphatic carbocycles. The van der Waals surface area contributed by atoms with Gasteiger partial charge in [-0.25, -0.2) is 0 Å². The molecule has 7 nitrogen and oxygen atoms in total. The molecule has 1 amide bonds. The summed E-state index contributed by atoms with van der Waals surface area (Å²) in [6.45, 7) is 0.151. The molecule has 0 rings (SSSR count). The smallest absolute Gasteiger partial charge is 0.220 e. The number of carbonyl (C=O) groups excluding carboxylic acids is 3. The standard InChI is InChI=1S/C8H11NO6/c1-4(11)9-2-5(7(12)13)6(3-10)8(14)15/h2,6,10H,3H2,1H3,(H,9,11)(H,12,13)(H,14,15)/p-2/b5-2-. The lowest BCUT2D eigenvalue weighted by Crippen LogP contribution is -2.41. The van der Waals surface area contributed by atoms with Crippen LogP contribution < -0.4 is 15.5 Å². The van der Waals surface area contributed by atoms with E-state index in [-0.39, 0.29) is 0 Å². The number of amides is 1. The highest BCUT2D eigenvalue weighted by Gasteiger charge is 2.15. The second-order valence-electron chi connectivity index (χ2n) is 2.64. The highest BCUT2D eigenvalue weighted by molar-refractivity contribution is 5.92. The van der Waals surface area contributed by atoms with E-state index in [1.165, 1.54) is 0 Å². The maximum Gasteiger partial charge on any atom is 0.220 e. The van der Waals surface area contributed by atoms with Gasteiger partial charge in [0.15, 0.2) is 0 Å². The third kappa shape index (κ3) is 4.23. The van der Waals surface area contributed by atoms with E-state index in [0.29, 0.717) is 6.20 Å². The first-order chi connectivity index (χ1) is 6.90. The first-order valence-corrected chi connectivity index (χ1v) is 3.90. The highest BCUT2D eigenvalue weighted by Crippen LogP contribution is 2.07. The van der Waals surface area contributed by atoms with Crippen LogP contribution in [0.3, 0.4) is 0 Å². The van der Waals surface area contributed by atoms with Gasteiger partial charge in [0.05, 0.1) is 18.5 Å². The average molecular weight is 215 g/mol. The molecule has 0 aromatic rings. The molecule has 0 bridgehead atoms. The van der Waals surface area contributed by atoms with Crippen molar-refractivity contribution < 1.29 is 29.7 Å². The van der Waals surface area contributed by atoms with Crippen LogP contribution in [0, 0.1) is 5.92 Å². The molecule has 0 heterocycles. The molecule has 0 saturated heterocycles. The van der Waals surface area contributed by atoms with Gasteiger partial charge >= 0.3 is 0 Å². The molecule has 0 radical (unpaired) electrons. The van der Waals surface area contributed by atoms with Crippen molar-refractivity contribution in [1.82, 2.24) is 5.32 Å². The van der Waals surface area contributed by atoms with Crippen LogP contribution in [-0.4, -0.2) is 29.6 Å². The van der Waals surface area contributed by atoms with Crippen LogP contribution >= 0.6 is 0 Å². The van der Waals surface area contributed by atoms with Gasteiger partial charge in [-0.15, -0.1) is 0 Å². The van der Waals surface area contributed by atoms with E-state index < -0.39 is 35.9 Å². The van der Waals surface area contributed by atoms with Crippen molar-refractivity contribution in [2.45, 2.75) is 6.92 Å². The van der Waals surface area contributed by atoms with Gasteiger partial charge in [-0.05, 0) is 0 Å². The molecule has 15 heavy (non-hydrogen) atoms. The fraction of sp³-hybridized carbons (Fsp3) is 0.375. The number of carboxylic acids is 2. The van der Waals surface area contributed by atoms with Crippen LogP contribution in [0.1, 0.15) is 6.92 Å². The third-order valence-corrected chi connectivity index (χ3v) is 1.51. The summed E-state index contributed by atoms with van der Waals surface area (Å²) in [5, 5.41) is 31.5. The quantitative estimate of drug-likeness (QED) is 0.451. The molecule has 7 heteroatoms. The number of aliphatic hydroxyl groups excluding tert-OH is 1. The van der Waals surface area contributed by atoms with Crippen molar-refractivity contribution >= 4 is 17.8 Å². The first kappa shape index (κ1) is 13.1. The van der Waals surface area contributed by atoms with E-state index in [0.717, 1.165) is 6.92 Å². The zero-order valence-corrected chi connectivity index (χ0v) is 7.85. The number of hydrogen-bond acceptors (Lipinski definition) is 6. The fourth-order valence-electron chi connectivity index (χ4n) is 0.781. The van der Waals surface area contributed by atoms with Gasteiger partial charge in [0.2, 0.25) is 5.91 Å². The number of aliphatic hydroxyl groups is 1. The summed E-state index contributed by atoms with van der Waals surface area (Å²) in [7, 11) is 0. The molecule has 0 aliphatic heterocycles. The molecule has 2 N–H and O–H groups in total. The van der Waals surface area contributed by atoms with E-state index in [1.54, 1.807) is 0 Å². The number of nitrogens with one attached hydrogen (secondary N) is 1. The predicted molar refractivity (Wildman–Crippen MR) is 42.5 cm³/mol. The number of carboxylic acid groups (broad SMARTS) is 2. The van der Waals surface area contributed by atoms with E-state index in [4.69, 9.17) is 5.11 Å². The Balaban J connectivity index is 4.93. The predicted octanol–water partition coefficient (Wildman–Crippen LogP) is -3.89. The summed E-state index contributed by atoms with van der Waals surface area (Å²) >= 11 is 0.